The van der Waals surface area contributed by atoms with E-state index in [-0.39, 0.29) is 18.2 Å². The Kier molecular flexibility index (Phi) is 4.86. The number of rotatable bonds is 5. The summed E-state index contributed by atoms with van der Waals surface area (Å²) in [5.41, 5.74) is 1.87. The molecule has 0 saturated carbocycles. The number of aromatic nitrogens is 2. The summed E-state index contributed by atoms with van der Waals surface area (Å²) in [6.07, 6.45) is 0.198. The molecule has 7 nitrogen and oxygen atoms in total. The Morgan fingerprint density at radius 1 is 1.42 bits per heavy atom. The Morgan fingerprint density at radius 2 is 2.21 bits per heavy atom. The fourth-order valence-electron chi connectivity index (χ4n) is 2.68. The first kappa shape index (κ1) is 16.5. The zero-order valence-electron chi connectivity index (χ0n) is 13.5. The Bertz CT molecular complexity index is 761. The van der Waals surface area contributed by atoms with Crippen LogP contribution in [0.25, 0.3) is 0 Å². The number of nitrogens with zero attached hydrogens (tertiary/aromatic N) is 3. The molecule has 1 aliphatic rings. The lowest BCUT2D eigenvalue weighted by Gasteiger charge is -2.18. The van der Waals surface area contributed by atoms with Gasteiger partial charge in [0.2, 0.25) is 16.9 Å². The molecule has 1 aromatic heterocycles. The van der Waals surface area contributed by atoms with E-state index in [0.29, 0.717) is 23.3 Å². The van der Waals surface area contributed by atoms with E-state index in [0.717, 1.165) is 11.3 Å². The lowest BCUT2D eigenvalue weighted by atomic mass is 10.1. The van der Waals surface area contributed by atoms with Crippen molar-refractivity contribution >= 4 is 34.0 Å². The molecule has 1 fully saturated rings. The number of nitrogens with one attached hydrogen (secondary N) is 1. The molecule has 2 heterocycles. The number of anilines is 2. The maximum atomic E-state index is 12.4. The molecule has 2 amide bonds. The largest absolute Gasteiger partial charge is 0.377 e. The average molecular weight is 346 g/mol. The molecule has 0 aliphatic carbocycles. The molecule has 2 aromatic rings. The Hall–Kier alpha value is -2.32. The number of carbonyl (C=O) groups is 2. The Balaban J connectivity index is 1.66. The molecular weight excluding hydrogens is 328 g/mol. The second kappa shape index (κ2) is 7.06. The summed E-state index contributed by atoms with van der Waals surface area (Å²) in [6.45, 7) is 2.68. The van der Waals surface area contributed by atoms with Crippen LogP contribution in [0.1, 0.15) is 17.0 Å². The van der Waals surface area contributed by atoms with Gasteiger partial charge in [0.1, 0.15) is 11.6 Å². The number of amides is 2. The van der Waals surface area contributed by atoms with Crippen molar-refractivity contribution in [2.24, 2.45) is 5.92 Å². The van der Waals surface area contributed by atoms with E-state index >= 15 is 0 Å². The van der Waals surface area contributed by atoms with Crippen LogP contribution in [-0.4, -0.2) is 35.7 Å². The number of aryl methyl sites for hydroxylation is 1. The minimum Gasteiger partial charge on any atom is -0.377 e. The number of ether oxygens (including phenoxy) is 1. The van der Waals surface area contributed by atoms with Gasteiger partial charge in [0.05, 0.1) is 5.92 Å². The van der Waals surface area contributed by atoms with Gasteiger partial charge in [-0.25, -0.2) is 0 Å². The van der Waals surface area contributed by atoms with Crippen molar-refractivity contribution in [2.45, 2.75) is 20.0 Å². The lowest BCUT2D eigenvalue weighted by molar-refractivity contribution is -0.122. The monoisotopic (exact) mass is 346 g/mol. The SMILES string of the molecule is COCc1nnc(NC(=O)C2CC(=O)N(c3ccccc3C)C2)s1. The number of methoxy groups -OCH3 is 1. The summed E-state index contributed by atoms with van der Waals surface area (Å²) in [5, 5.41) is 11.7. The second-order valence-corrected chi connectivity index (χ2v) is 6.68. The molecule has 126 valence electrons. The molecule has 1 unspecified atom stereocenters. The third kappa shape index (κ3) is 3.44. The van der Waals surface area contributed by atoms with Gasteiger partial charge in [-0.05, 0) is 18.6 Å². The standard InChI is InChI=1S/C16H18N4O3S/c1-10-5-3-4-6-12(10)20-8-11(7-14(20)21)15(22)17-16-19-18-13(24-16)9-23-2/h3-6,11H,7-9H2,1-2H3,(H,17,19,22). The molecule has 24 heavy (non-hydrogen) atoms. The van der Waals surface area contributed by atoms with Crippen LogP contribution in [0, 0.1) is 12.8 Å². The van der Waals surface area contributed by atoms with Crippen LogP contribution in [0.5, 0.6) is 0 Å². The molecule has 0 radical (unpaired) electrons. The van der Waals surface area contributed by atoms with Crippen LogP contribution in [0.4, 0.5) is 10.8 Å². The highest BCUT2D eigenvalue weighted by atomic mass is 32.1. The van der Waals surface area contributed by atoms with Gasteiger partial charge in [-0.1, -0.05) is 29.5 Å². The smallest absolute Gasteiger partial charge is 0.231 e. The highest BCUT2D eigenvalue weighted by Gasteiger charge is 2.35. The van der Waals surface area contributed by atoms with Crippen molar-refractivity contribution in [3.8, 4) is 0 Å². The summed E-state index contributed by atoms with van der Waals surface area (Å²) < 4.78 is 4.98. The van der Waals surface area contributed by atoms with Gasteiger partial charge in [-0.3, -0.25) is 9.59 Å². The number of hydrogen-bond donors (Lipinski definition) is 1. The first-order chi connectivity index (χ1) is 11.6. The van der Waals surface area contributed by atoms with Crippen LogP contribution < -0.4 is 10.2 Å². The summed E-state index contributed by atoms with van der Waals surface area (Å²) in [5.74, 6) is -0.645. The molecule has 1 aliphatic heterocycles. The van der Waals surface area contributed by atoms with Crippen molar-refractivity contribution in [3.05, 3.63) is 34.8 Å². The van der Waals surface area contributed by atoms with Crippen LogP contribution >= 0.6 is 11.3 Å². The average Bonchev–Trinajstić information content (AvgIpc) is 3.15. The molecule has 1 atom stereocenters. The molecule has 8 heteroatoms. The van der Waals surface area contributed by atoms with Gasteiger partial charge >= 0.3 is 0 Å². The highest BCUT2D eigenvalue weighted by molar-refractivity contribution is 7.15. The van der Waals surface area contributed by atoms with Gasteiger partial charge in [-0.15, -0.1) is 10.2 Å². The Labute approximate surface area is 143 Å². The van der Waals surface area contributed by atoms with Crippen molar-refractivity contribution < 1.29 is 14.3 Å². The van der Waals surface area contributed by atoms with E-state index in [1.165, 1.54) is 11.3 Å². The fourth-order valence-corrected chi connectivity index (χ4v) is 3.39. The minimum absolute atomic E-state index is 0.0400. The van der Waals surface area contributed by atoms with Gasteiger partial charge < -0.3 is 15.0 Å². The zero-order valence-corrected chi connectivity index (χ0v) is 14.3. The molecule has 0 bridgehead atoms. The molecule has 0 spiro atoms. The quantitative estimate of drug-likeness (QED) is 0.895. The van der Waals surface area contributed by atoms with Crippen LogP contribution in [0.3, 0.4) is 0 Å². The van der Waals surface area contributed by atoms with Crippen molar-refractivity contribution in [2.75, 3.05) is 23.9 Å². The molecule has 3 rings (SSSR count). The lowest BCUT2D eigenvalue weighted by Crippen LogP contribution is -2.28. The third-order valence-corrected chi connectivity index (χ3v) is 4.68. The van der Waals surface area contributed by atoms with Crippen LogP contribution in [-0.2, 0) is 20.9 Å². The Morgan fingerprint density at radius 3 is 2.96 bits per heavy atom. The summed E-state index contributed by atoms with van der Waals surface area (Å²) >= 11 is 1.27. The first-order valence-electron chi connectivity index (χ1n) is 7.56. The number of para-hydroxylation sites is 1. The van der Waals surface area contributed by atoms with E-state index in [2.05, 4.69) is 15.5 Å². The minimum atomic E-state index is -0.396. The predicted octanol–water partition coefficient (Wildman–Crippen LogP) is 1.98. The van der Waals surface area contributed by atoms with E-state index in [1.807, 2.05) is 31.2 Å². The maximum Gasteiger partial charge on any atom is 0.231 e. The summed E-state index contributed by atoms with van der Waals surface area (Å²) in [6, 6.07) is 7.67. The second-order valence-electron chi connectivity index (χ2n) is 5.62. The van der Waals surface area contributed by atoms with E-state index in [1.54, 1.807) is 12.0 Å². The normalized spacial score (nSPS) is 17.3. The molecule has 1 aromatic carbocycles. The number of hydrogen-bond acceptors (Lipinski definition) is 6. The maximum absolute atomic E-state index is 12.4. The topological polar surface area (TPSA) is 84.4 Å². The highest BCUT2D eigenvalue weighted by Crippen LogP contribution is 2.28. The van der Waals surface area contributed by atoms with E-state index in [4.69, 9.17) is 4.74 Å². The summed E-state index contributed by atoms with van der Waals surface area (Å²) in [7, 11) is 1.57. The van der Waals surface area contributed by atoms with Crippen molar-refractivity contribution in [1.29, 1.82) is 0 Å². The van der Waals surface area contributed by atoms with E-state index < -0.39 is 5.92 Å². The molecular formula is C16H18N4O3S. The van der Waals surface area contributed by atoms with E-state index in [9.17, 15) is 9.59 Å². The van der Waals surface area contributed by atoms with Gasteiger partial charge in [0, 0.05) is 25.8 Å². The molecule has 1 saturated heterocycles. The fraction of sp³-hybridized carbons (Fsp3) is 0.375. The number of benzene rings is 1. The van der Waals surface area contributed by atoms with Gasteiger partial charge in [0.25, 0.3) is 0 Å². The number of carbonyl (C=O) groups excluding carboxylic acids is 2. The van der Waals surface area contributed by atoms with Crippen LogP contribution in [0.2, 0.25) is 0 Å². The van der Waals surface area contributed by atoms with Crippen LogP contribution in [0.15, 0.2) is 24.3 Å². The first-order valence-corrected chi connectivity index (χ1v) is 8.38. The predicted molar refractivity (Wildman–Crippen MR) is 90.9 cm³/mol. The molecule has 1 N–H and O–H groups in total. The van der Waals surface area contributed by atoms with Gasteiger partial charge in [0.15, 0.2) is 0 Å². The van der Waals surface area contributed by atoms with Gasteiger partial charge in [-0.2, -0.15) is 0 Å². The van der Waals surface area contributed by atoms with Crippen molar-refractivity contribution in [3.63, 3.8) is 0 Å². The summed E-state index contributed by atoms with van der Waals surface area (Å²) in [4.78, 5) is 26.4. The zero-order chi connectivity index (χ0) is 17.1. The van der Waals surface area contributed by atoms with Crippen molar-refractivity contribution in [1.82, 2.24) is 10.2 Å². The third-order valence-electron chi connectivity index (χ3n) is 3.87.